The van der Waals surface area contributed by atoms with Crippen molar-refractivity contribution in [2.45, 2.75) is 13.0 Å². The first-order chi connectivity index (χ1) is 8.66. The van der Waals surface area contributed by atoms with E-state index in [0.29, 0.717) is 13.2 Å². The number of morpholine rings is 1. The van der Waals surface area contributed by atoms with Crippen molar-refractivity contribution in [2.24, 2.45) is 0 Å². The highest BCUT2D eigenvalue weighted by molar-refractivity contribution is 9.10. The van der Waals surface area contributed by atoms with E-state index in [-0.39, 0.29) is 11.9 Å². The highest BCUT2D eigenvalue weighted by atomic mass is 79.9. The molecule has 98 valence electrons. The third kappa shape index (κ3) is 3.54. The summed E-state index contributed by atoms with van der Waals surface area (Å²) >= 11 is 3.39. The van der Waals surface area contributed by atoms with Crippen LogP contribution >= 0.6 is 15.9 Å². The summed E-state index contributed by atoms with van der Waals surface area (Å²) in [4.78, 5) is 14.2. The lowest BCUT2D eigenvalue weighted by molar-refractivity contribution is -0.122. The number of halogens is 1. The number of hydrogen-bond acceptors (Lipinski definition) is 3. The van der Waals surface area contributed by atoms with Gasteiger partial charge in [-0.15, -0.1) is 0 Å². The van der Waals surface area contributed by atoms with Gasteiger partial charge in [-0.25, -0.2) is 0 Å². The van der Waals surface area contributed by atoms with E-state index in [9.17, 15) is 4.79 Å². The lowest BCUT2D eigenvalue weighted by Crippen LogP contribution is -2.47. The second-order valence-corrected chi connectivity index (χ2v) is 5.24. The number of anilines is 1. The summed E-state index contributed by atoms with van der Waals surface area (Å²) in [5.74, 6) is 0.0231. The van der Waals surface area contributed by atoms with Gasteiger partial charge in [0.05, 0.1) is 19.3 Å². The van der Waals surface area contributed by atoms with Crippen LogP contribution in [0.15, 0.2) is 28.7 Å². The molecule has 0 bridgehead atoms. The highest BCUT2D eigenvalue weighted by Gasteiger charge is 2.22. The number of carbonyl (C=O) groups is 1. The van der Waals surface area contributed by atoms with Crippen molar-refractivity contribution in [3.63, 3.8) is 0 Å². The van der Waals surface area contributed by atoms with Gasteiger partial charge in [0.1, 0.15) is 0 Å². The molecule has 1 aliphatic heterocycles. The molecule has 1 fully saturated rings. The average molecular weight is 313 g/mol. The van der Waals surface area contributed by atoms with Crippen LogP contribution in [0, 0.1) is 0 Å². The minimum absolute atomic E-state index is 0.0231. The molecule has 4 nitrogen and oxygen atoms in total. The van der Waals surface area contributed by atoms with Crippen LogP contribution in [0.5, 0.6) is 0 Å². The van der Waals surface area contributed by atoms with Crippen molar-refractivity contribution < 1.29 is 9.53 Å². The molecule has 0 unspecified atom stereocenters. The maximum atomic E-state index is 12.1. The van der Waals surface area contributed by atoms with Gasteiger partial charge < -0.3 is 10.1 Å². The van der Waals surface area contributed by atoms with Gasteiger partial charge in [0.25, 0.3) is 0 Å². The largest absolute Gasteiger partial charge is 0.379 e. The smallest absolute Gasteiger partial charge is 0.241 e. The summed E-state index contributed by atoms with van der Waals surface area (Å²) in [6, 6.07) is 7.48. The zero-order chi connectivity index (χ0) is 13.0. The standard InChI is InChI=1S/C13H17BrN2O2/c1-10(16-5-7-18-8-6-16)13(17)15-12-4-2-3-11(14)9-12/h2-4,9-10H,5-8H2,1H3,(H,15,17)/t10-/m0/s1. The van der Waals surface area contributed by atoms with Crippen molar-refractivity contribution >= 4 is 27.5 Å². The number of benzene rings is 1. The van der Waals surface area contributed by atoms with E-state index in [0.717, 1.165) is 23.2 Å². The first-order valence-corrected chi connectivity index (χ1v) is 6.84. The summed E-state index contributed by atoms with van der Waals surface area (Å²) in [7, 11) is 0. The van der Waals surface area contributed by atoms with E-state index in [1.165, 1.54) is 0 Å². The van der Waals surface area contributed by atoms with Crippen LogP contribution < -0.4 is 5.32 Å². The Balaban J connectivity index is 1.94. The van der Waals surface area contributed by atoms with E-state index in [1.807, 2.05) is 31.2 Å². The normalized spacial score (nSPS) is 18.3. The number of rotatable bonds is 3. The Morgan fingerprint density at radius 2 is 2.17 bits per heavy atom. The van der Waals surface area contributed by atoms with Crippen molar-refractivity contribution in [1.29, 1.82) is 0 Å². The van der Waals surface area contributed by atoms with Crippen molar-refractivity contribution in [3.05, 3.63) is 28.7 Å². The number of amides is 1. The first-order valence-electron chi connectivity index (χ1n) is 6.05. The van der Waals surface area contributed by atoms with E-state index in [4.69, 9.17) is 4.74 Å². The molecule has 1 amide bonds. The third-order valence-electron chi connectivity index (χ3n) is 3.06. The number of nitrogens with zero attached hydrogens (tertiary/aromatic N) is 1. The summed E-state index contributed by atoms with van der Waals surface area (Å²) in [5.41, 5.74) is 0.814. The van der Waals surface area contributed by atoms with E-state index >= 15 is 0 Å². The second-order valence-electron chi connectivity index (χ2n) is 4.32. The van der Waals surface area contributed by atoms with Crippen molar-refractivity contribution in [1.82, 2.24) is 4.90 Å². The number of carbonyl (C=O) groups excluding carboxylic acids is 1. The van der Waals surface area contributed by atoms with Gasteiger partial charge in [0.15, 0.2) is 0 Å². The molecule has 0 aliphatic carbocycles. The molecule has 1 atom stereocenters. The van der Waals surface area contributed by atoms with Crippen LogP contribution in [-0.2, 0) is 9.53 Å². The molecule has 0 spiro atoms. The number of hydrogen-bond donors (Lipinski definition) is 1. The fourth-order valence-corrected chi connectivity index (χ4v) is 2.34. The molecule has 1 aromatic carbocycles. The Bertz CT molecular complexity index is 419. The number of nitrogens with one attached hydrogen (secondary N) is 1. The van der Waals surface area contributed by atoms with Crippen LogP contribution in [-0.4, -0.2) is 43.2 Å². The minimum atomic E-state index is -0.132. The molecule has 0 saturated carbocycles. The maximum absolute atomic E-state index is 12.1. The van der Waals surface area contributed by atoms with Gasteiger partial charge >= 0.3 is 0 Å². The van der Waals surface area contributed by atoms with Gasteiger partial charge in [0, 0.05) is 23.2 Å². The fraction of sp³-hybridized carbons (Fsp3) is 0.462. The Morgan fingerprint density at radius 3 is 2.83 bits per heavy atom. The molecular formula is C13H17BrN2O2. The molecule has 18 heavy (non-hydrogen) atoms. The Hall–Kier alpha value is -0.910. The molecule has 2 rings (SSSR count). The third-order valence-corrected chi connectivity index (χ3v) is 3.56. The quantitative estimate of drug-likeness (QED) is 0.929. The first kappa shape index (κ1) is 13.5. The summed E-state index contributed by atoms with van der Waals surface area (Å²) < 4.78 is 6.24. The number of ether oxygens (including phenoxy) is 1. The molecule has 1 aromatic rings. The Labute approximate surface area is 115 Å². The van der Waals surface area contributed by atoms with Crippen LogP contribution in [0.2, 0.25) is 0 Å². The van der Waals surface area contributed by atoms with Crippen LogP contribution in [0.25, 0.3) is 0 Å². The van der Waals surface area contributed by atoms with Gasteiger partial charge in [-0.2, -0.15) is 0 Å². The summed E-state index contributed by atoms with van der Waals surface area (Å²) in [6.45, 7) is 4.96. The average Bonchev–Trinajstić information content (AvgIpc) is 2.39. The monoisotopic (exact) mass is 312 g/mol. The molecule has 0 aromatic heterocycles. The SMILES string of the molecule is C[C@@H](C(=O)Nc1cccc(Br)c1)N1CCOCC1. The maximum Gasteiger partial charge on any atom is 0.241 e. The predicted octanol–water partition coefficient (Wildman–Crippen LogP) is 2.11. The van der Waals surface area contributed by atoms with Crippen LogP contribution in [0.3, 0.4) is 0 Å². The lowest BCUT2D eigenvalue weighted by atomic mass is 10.2. The minimum Gasteiger partial charge on any atom is -0.379 e. The highest BCUT2D eigenvalue weighted by Crippen LogP contribution is 2.16. The van der Waals surface area contributed by atoms with E-state index in [2.05, 4.69) is 26.1 Å². The molecule has 1 aliphatic rings. The lowest BCUT2D eigenvalue weighted by Gasteiger charge is -2.31. The molecule has 1 N–H and O–H groups in total. The zero-order valence-corrected chi connectivity index (χ0v) is 11.9. The van der Waals surface area contributed by atoms with Gasteiger partial charge in [-0.1, -0.05) is 22.0 Å². The predicted molar refractivity (Wildman–Crippen MR) is 74.6 cm³/mol. The Kier molecular flexibility index (Phi) is 4.74. The summed E-state index contributed by atoms with van der Waals surface area (Å²) in [6.07, 6.45) is 0. The van der Waals surface area contributed by atoms with Crippen molar-refractivity contribution in [3.8, 4) is 0 Å². The molecular weight excluding hydrogens is 296 g/mol. The molecule has 1 saturated heterocycles. The molecule has 0 radical (unpaired) electrons. The van der Waals surface area contributed by atoms with Gasteiger partial charge in [0.2, 0.25) is 5.91 Å². The molecule has 5 heteroatoms. The zero-order valence-electron chi connectivity index (χ0n) is 10.4. The van der Waals surface area contributed by atoms with Crippen LogP contribution in [0.1, 0.15) is 6.92 Å². The second kappa shape index (κ2) is 6.31. The Morgan fingerprint density at radius 1 is 1.44 bits per heavy atom. The van der Waals surface area contributed by atoms with Gasteiger partial charge in [-0.05, 0) is 25.1 Å². The van der Waals surface area contributed by atoms with Crippen LogP contribution in [0.4, 0.5) is 5.69 Å². The molecule has 1 heterocycles. The topological polar surface area (TPSA) is 41.6 Å². The van der Waals surface area contributed by atoms with E-state index < -0.39 is 0 Å². The van der Waals surface area contributed by atoms with Gasteiger partial charge in [-0.3, -0.25) is 9.69 Å². The van der Waals surface area contributed by atoms with E-state index in [1.54, 1.807) is 0 Å². The fourth-order valence-electron chi connectivity index (χ4n) is 1.94. The summed E-state index contributed by atoms with van der Waals surface area (Å²) in [5, 5.41) is 2.93. The van der Waals surface area contributed by atoms with Crippen molar-refractivity contribution in [2.75, 3.05) is 31.6 Å².